The molecule has 4 rings (SSSR count). The van der Waals surface area contributed by atoms with Crippen LogP contribution in [0.5, 0.6) is 0 Å². The van der Waals surface area contributed by atoms with Crippen LogP contribution in [0.2, 0.25) is 0 Å². The van der Waals surface area contributed by atoms with Gasteiger partial charge in [0.25, 0.3) is 0 Å². The summed E-state index contributed by atoms with van der Waals surface area (Å²) in [4.78, 5) is 25.9. The Labute approximate surface area is 215 Å². The lowest BCUT2D eigenvalue weighted by molar-refractivity contribution is -0.137. The van der Waals surface area contributed by atoms with Crippen LogP contribution in [0.15, 0.2) is 42.7 Å². The number of carbonyl (C=O) groups excluding carboxylic acids is 2. The summed E-state index contributed by atoms with van der Waals surface area (Å²) >= 11 is 0. The predicted octanol–water partition coefficient (Wildman–Crippen LogP) is 6.67. The van der Waals surface area contributed by atoms with Crippen molar-refractivity contribution in [2.75, 3.05) is 11.9 Å². The van der Waals surface area contributed by atoms with Crippen LogP contribution in [0.4, 0.5) is 27.6 Å². The molecule has 11 heteroatoms. The van der Waals surface area contributed by atoms with Gasteiger partial charge in [0.2, 0.25) is 5.91 Å². The Morgan fingerprint density at radius 3 is 2.42 bits per heavy atom. The SMILES string of the molecule is CCOC(=O)c1cc(NC(=O)C2(c3ccc(C(F)(F)F)cc3F)CC2)cc(F)c1-c1cnn([C@@H](C)CC)c1. The number of rotatable bonds is 8. The number of alkyl halides is 3. The number of halogens is 5. The first-order valence-electron chi connectivity index (χ1n) is 12.1. The molecule has 0 spiro atoms. The van der Waals surface area contributed by atoms with E-state index in [1.54, 1.807) is 17.8 Å². The van der Waals surface area contributed by atoms with Gasteiger partial charge < -0.3 is 10.1 Å². The number of carbonyl (C=O) groups is 2. The summed E-state index contributed by atoms with van der Waals surface area (Å²) in [6.07, 6.45) is -0.520. The molecule has 0 unspecified atom stereocenters. The largest absolute Gasteiger partial charge is 0.462 e. The van der Waals surface area contributed by atoms with Crippen molar-refractivity contribution in [1.29, 1.82) is 0 Å². The summed E-state index contributed by atoms with van der Waals surface area (Å²) < 4.78 is 75.7. The number of esters is 1. The number of ether oxygens (including phenoxy) is 1. The van der Waals surface area contributed by atoms with Crippen LogP contribution in [0.3, 0.4) is 0 Å². The fourth-order valence-corrected chi connectivity index (χ4v) is 4.31. The molecule has 1 aliphatic carbocycles. The van der Waals surface area contributed by atoms with Crippen LogP contribution in [0.25, 0.3) is 11.1 Å². The highest BCUT2D eigenvalue weighted by atomic mass is 19.4. The third-order valence-electron chi connectivity index (χ3n) is 6.77. The Kier molecular flexibility index (Phi) is 7.31. The molecular weight excluding hydrogens is 509 g/mol. The fourth-order valence-electron chi connectivity index (χ4n) is 4.31. The van der Waals surface area contributed by atoms with Crippen molar-refractivity contribution in [2.24, 2.45) is 0 Å². The first-order chi connectivity index (χ1) is 17.9. The van der Waals surface area contributed by atoms with Gasteiger partial charge in [-0.3, -0.25) is 9.48 Å². The first-order valence-corrected chi connectivity index (χ1v) is 12.1. The van der Waals surface area contributed by atoms with Gasteiger partial charge in [-0.05, 0) is 57.4 Å². The maximum Gasteiger partial charge on any atom is 0.416 e. The Morgan fingerprint density at radius 2 is 1.84 bits per heavy atom. The number of anilines is 1. The topological polar surface area (TPSA) is 73.2 Å². The molecule has 0 radical (unpaired) electrons. The Balaban J connectivity index is 1.68. The molecule has 1 fully saturated rings. The first kappa shape index (κ1) is 27.3. The second kappa shape index (κ2) is 10.2. The predicted molar refractivity (Wildman–Crippen MR) is 130 cm³/mol. The molecule has 1 atom stereocenters. The lowest BCUT2D eigenvalue weighted by Crippen LogP contribution is -2.29. The zero-order chi connectivity index (χ0) is 27.8. The van der Waals surface area contributed by atoms with Crippen LogP contribution in [-0.4, -0.2) is 28.3 Å². The number of nitrogens with zero attached hydrogens (tertiary/aromatic N) is 2. The van der Waals surface area contributed by atoms with Crippen molar-refractivity contribution in [2.45, 2.75) is 57.7 Å². The molecule has 0 bridgehead atoms. The fraction of sp³-hybridized carbons (Fsp3) is 0.370. The molecule has 202 valence electrons. The number of nitrogens with one attached hydrogen (secondary N) is 1. The van der Waals surface area contributed by atoms with Crippen LogP contribution in [0, 0.1) is 11.6 Å². The van der Waals surface area contributed by atoms with E-state index in [1.165, 1.54) is 12.3 Å². The Hall–Kier alpha value is -3.76. The van der Waals surface area contributed by atoms with E-state index in [9.17, 15) is 27.2 Å². The molecule has 1 amide bonds. The number of hydrogen-bond acceptors (Lipinski definition) is 4. The van der Waals surface area contributed by atoms with Gasteiger partial charge in [0, 0.05) is 34.6 Å². The molecule has 1 saturated carbocycles. The molecule has 1 aliphatic rings. The van der Waals surface area contributed by atoms with E-state index in [2.05, 4.69) is 10.4 Å². The van der Waals surface area contributed by atoms with Crippen LogP contribution < -0.4 is 5.32 Å². The van der Waals surface area contributed by atoms with E-state index in [0.29, 0.717) is 11.6 Å². The second-order valence-electron chi connectivity index (χ2n) is 9.30. The number of aromatic nitrogens is 2. The highest BCUT2D eigenvalue weighted by Crippen LogP contribution is 2.50. The second-order valence-corrected chi connectivity index (χ2v) is 9.30. The lowest BCUT2D eigenvalue weighted by atomic mass is 9.93. The number of amides is 1. The third kappa shape index (κ3) is 5.14. The maximum absolute atomic E-state index is 15.4. The van der Waals surface area contributed by atoms with Crippen molar-refractivity contribution in [3.05, 3.63) is 71.1 Å². The summed E-state index contributed by atoms with van der Waals surface area (Å²) in [6, 6.07) is 4.35. The van der Waals surface area contributed by atoms with Gasteiger partial charge in [-0.25, -0.2) is 13.6 Å². The molecule has 1 N–H and O–H groups in total. The molecule has 6 nitrogen and oxygen atoms in total. The molecular formula is C27H26F5N3O3. The van der Waals surface area contributed by atoms with Gasteiger partial charge in [0.15, 0.2) is 0 Å². The van der Waals surface area contributed by atoms with Crippen molar-refractivity contribution < 1.29 is 36.3 Å². The van der Waals surface area contributed by atoms with Crippen molar-refractivity contribution in [3.8, 4) is 11.1 Å². The van der Waals surface area contributed by atoms with E-state index >= 15 is 4.39 Å². The zero-order valence-electron chi connectivity index (χ0n) is 21.0. The monoisotopic (exact) mass is 535 g/mol. The summed E-state index contributed by atoms with van der Waals surface area (Å²) in [5, 5.41) is 6.76. The smallest absolute Gasteiger partial charge is 0.416 e. The molecule has 38 heavy (non-hydrogen) atoms. The average Bonchev–Trinajstić information content (AvgIpc) is 3.52. The molecule has 2 aromatic carbocycles. The van der Waals surface area contributed by atoms with Crippen molar-refractivity contribution in [1.82, 2.24) is 9.78 Å². The average molecular weight is 536 g/mol. The summed E-state index contributed by atoms with van der Waals surface area (Å²) in [5.74, 6) is -3.51. The third-order valence-corrected chi connectivity index (χ3v) is 6.77. The molecule has 0 aliphatic heterocycles. The Bertz CT molecular complexity index is 1380. The summed E-state index contributed by atoms with van der Waals surface area (Å²) in [7, 11) is 0. The standard InChI is InChI=1S/C27H26F5N3O3/c1-4-15(3)35-14-16(13-33-35)23-19(24(36)38-5-2)11-18(12-22(23)29)34-25(37)26(8-9-26)20-7-6-17(10-21(20)28)27(30,31)32/h6-7,10-15H,4-5,8-9H2,1-3H3,(H,34,37)/t15-/m0/s1. The van der Waals surface area contributed by atoms with Gasteiger partial charge in [-0.2, -0.15) is 18.3 Å². The van der Waals surface area contributed by atoms with Crippen LogP contribution in [0.1, 0.15) is 67.6 Å². The van der Waals surface area contributed by atoms with E-state index in [4.69, 9.17) is 4.74 Å². The molecule has 1 aromatic heterocycles. The zero-order valence-corrected chi connectivity index (χ0v) is 21.0. The van der Waals surface area contributed by atoms with Gasteiger partial charge in [0.05, 0.1) is 29.3 Å². The minimum absolute atomic E-state index is 0.0267. The summed E-state index contributed by atoms with van der Waals surface area (Å²) in [5.41, 5.74) is -2.67. The van der Waals surface area contributed by atoms with Gasteiger partial charge in [0.1, 0.15) is 11.6 Å². The van der Waals surface area contributed by atoms with Crippen molar-refractivity contribution >= 4 is 17.6 Å². The Morgan fingerprint density at radius 1 is 1.13 bits per heavy atom. The minimum Gasteiger partial charge on any atom is -0.462 e. The van der Waals surface area contributed by atoms with Crippen LogP contribution >= 0.6 is 0 Å². The van der Waals surface area contributed by atoms with Gasteiger partial charge >= 0.3 is 12.1 Å². The van der Waals surface area contributed by atoms with E-state index < -0.39 is 40.7 Å². The maximum atomic E-state index is 15.4. The lowest BCUT2D eigenvalue weighted by Gasteiger charge is -2.19. The van der Waals surface area contributed by atoms with Crippen molar-refractivity contribution in [3.63, 3.8) is 0 Å². The van der Waals surface area contributed by atoms with Crippen LogP contribution in [-0.2, 0) is 21.1 Å². The number of benzene rings is 2. The van der Waals surface area contributed by atoms with E-state index in [1.807, 2.05) is 13.8 Å². The highest BCUT2D eigenvalue weighted by Gasteiger charge is 2.53. The summed E-state index contributed by atoms with van der Waals surface area (Å²) in [6.45, 7) is 5.53. The highest BCUT2D eigenvalue weighted by molar-refractivity contribution is 6.04. The normalized spacial score (nSPS) is 15.2. The minimum atomic E-state index is -4.73. The molecule has 3 aromatic rings. The van der Waals surface area contributed by atoms with E-state index in [-0.39, 0.29) is 47.9 Å². The van der Waals surface area contributed by atoms with Gasteiger partial charge in [-0.15, -0.1) is 0 Å². The quantitative estimate of drug-likeness (QED) is 0.259. The number of hydrogen-bond donors (Lipinski definition) is 1. The van der Waals surface area contributed by atoms with Gasteiger partial charge in [-0.1, -0.05) is 13.0 Å². The van der Waals surface area contributed by atoms with E-state index in [0.717, 1.165) is 24.6 Å². The molecule has 1 heterocycles. The molecule has 0 saturated heterocycles.